The van der Waals surface area contributed by atoms with Crippen molar-refractivity contribution < 1.29 is 0 Å². The van der Waals surface area contributed by atoms with Gasteiger partial charge in [0.05, 0.1) is 0 Å². The van der Waals surface area contributed by atoms with E-state index in [2.05, 4.69) is 20.8 Å². The number of pyridine rings is 1. The molecule has 21 heavy (non-hydrogen) atoms. The molecule has 0 aliphatic carbocycles. The summed E-state index contributed by atoms with van der Waals surface area (Å²) in [5, 5.41) is 7.95. The number of aromatic nitrogens is 1. The fourth-order valence-corrected chi connectivity index (χ4v) is 1.84. The molecule has 0 saturated heterocycles. The zero-order chi connectivity index (χ0) is 15.2. The molecule has 4 N–H and O–H groups in total. The van der Waals surface area contributed by atoms with E-state index < -0.39 is 0 Å². The summed E-state index contributed by atoms with van der Waals surface area (Å²) < 4.78 is 0. The molecule has 1 heterocycles. The maximum absolute atomic E-state index is 5.85. The second kappa shape index (κ2) is 7.01. The van der Waals surface area contributed by atoms with Gasteiger partial charge in [-0.2, -0.15) is 5.10 Å². The standard InChI is InChI=1S/C14H14ClN5S/c1-9-3-2-4-12(17-9)13(16)19-20-14(21)18-11-7-5-10(15)6-8-11/h2-8H,1H3,(H2,16,19)(H2,18,20,21). The monoisotopic (exact) mass is 319 g/mol. The molecule has 2 rings (SSSR count). The van der Waals surface area contributed by atoms with Gasteiger partial charge in [0.2, 0.25) is 0 Å². The number of anilines is 1. The molecule has 0 saturated carbocycles. The van der Waals surface area contributed by atoms with E-state index in [1.54, 1.807) is 18.2 Å². The summed E-state index contributed by atoms with van der Waals surface area (Å²) in [5.74, 6) is 0.263. The Kier molecular flexibility index (Phi) is 5.08. The topological polar surface area (TPSA) is 75.3 Å². The van der Waals surface area contributed by atoms with Crippen LogP contribution in [-0.2, 0) is 0 Å². The minimum Gasteiger partial charge on any atom is -0.380 e. The van der Waals surface area contributed by atoms with Gasteiger partial charge < -0.3 is 11.1 Å². The van der Waals surface area contributed by atoms with Gasteiger partial charge in [-0.05, 0) is 55.5 Å². The van der Waals surface area contributed by atoms with E-state index in [1.807, 2.05) is 31.2 Å². The van der Waals surface area contributed by atoms with Crippen LogP contribution in [0, 0.1) is 6.92 Å². The van der Waals surface area contributed by atoms with Crippen molar-refractivity contribution in [3.8, 4) is 0 Å². The molecule has 0 radical (unpaired) electrons. The van der Waals surface area contributed by atoms with Crippen LogP contribution in [-0.4, -0.2) is 15.9 Å². The van der Waals surface area contributed by atoms with E-state index in [-0.39, 0.29) is 5.84 Å². The molecule has 1 aromatic carbocycles. The fourth-order valence-electron chi connectivity index (χ4n) is 1.55. The Morgan fingerprint density at radius 2 is 1.95 bits per heavy atom. The second-order valence-corrected chi connectivity index (χ2v) is 5.08. The Bertz CT molecular complexity index is 669. The van der Waals surface area contributed by atoms with Gasteiger partial charge in [-0.15, -0.1) is 0 Å². The number of aryl methyl sites for hydroxylation is 1. The smallest absolute Gasteiger partial charge is 0.191 e. The molecule has 7 heteroatoms. The van der Waals surface area contributed by atoms with Crippen LogP contribution in [0.1, 0.15) is 11.4 Å². The van der Waals surface area contributed by atoms with Gasteiger partial charge in [-0.1, -0.05) is 17.7 Å². The van der Waals surface area contributed by atoms with Crippen molar-refractivity contribution in [3.05, 3.63) is 58.9 Å². The highest BCUT2D eigenvalue weighted by molar-refractivity contribution is 7.80. The number of hydrogen-bond acceptors (Lipinski definition) is 3. The third-order valence-corrected chi connectivity index (χ3v) is 2.98. The lowest BCUT2D eigenvalue weighted by Crippen LogP contribution is -2.28. The number of hydrazone groups is 1. The zero-order valence-corrected chi connectivity index (χ0v) is 12.9. The number of thiocarbonyl (C=S) groups is 1. The van der Waals surface area contributed by atoms with E-state index in [9.17, 15) is 0 Å². The minimum absolute atomic E-state index is 0.263. The van der Waals surface area contributed by atoms with Crippen molar-refractivity contribution in [2.24, 2.45) is 10.8 Å². The van der Waals surface area contributed by atoms with Crippen LogP contribution in [0.25, 0.3) is 0 Å². The van der Waals surface area contributed by atoms with Crippen LogP contribution in [0.5, 0.6) is 0 Å². The van der Waals surface area contributed by atoms with Crippen LogP contribution in [0.4, 0.5) is 5.69 Å². The highest BCUT2D eigenvalue weighted by atomic mass is 35.5. The number of halogens is 1. The van der Waals surface area contributed by atoms with Gasteiger partial charge in [0.15, 0.2) is 10.9 Å². The largest absolute Gasteiger partial charge is 0.380 e. The summed E-state index contributed by atoms with van der Waals surface area (Å²) in [6.07, 6.45) is 0. The van der Waals surface area contributed by atoms with Gasteiger partial charge in [-0.3, -0.25) is 5.43 Å². The van der Waals surface area contributed by atoms with E-state index >= 15 is 0 Å². The molecule has 0 spiro atoms. The summed E-state index contributed by atoms with van der Waals surface area (Å²) in [6, 6.07) is 12.7. The molecule has 0 bridgehead atoms. The molecule has 2 aromatic rings. The lowest BCUT2D eigenvalue weighted by atomic mass is 10.3. The first-order valence-electron chi connectivity index (χ1n) is 6.14. The Morgan fingerprint density at radius 1 is 1.24 bits per heavy atom. The first-order valence-corrected chi connectivity index (χ1v) is 6.93. The lowest BCUT2D eigenvalue weighted by molar-refractivity contribution is 1.03. The molecule has 0 unspecified atom stereocenters. The number of nitrogens with zero attached hydrogens (tertiary/aromatic N) is 2. The summed E-state index contributed by atoms with van der Waals surface area (Å²) >= 11 is 10.9. The van der Waals surface area contributed by atoms with Gasteiger partial charge >= 0.3 is 0 Å². The number of nitrogens with one attached hydrogen (secondary N) is 2. The number of benzene rings is 1. The average molecular weight is 320 g/mol. The maximum atomic E-state index is 5.85. The quantitative estimate of drug-likeness (QED) is 0.351. The maximum Gasteiger partial charge on any atom is 0.191 e. The van der Waals surface area contributed by atoms with Gasteiger partial charge in [-0.25, -0.2) is 4.98 Å². The van der Waals surface area contributed by atoms with Crippen LogP contribution in [0.15, 0.2) is 47.6 Å². The Balaban J connectivity index is 1.96. The zero-order valence-electron chi connectivity index (χ0n) is 11.3. The van der Waals surface area contributed by atoms with Crippen LogP contribution >= 0.6 is 23.8 Å². The number of rotatable bonds is 3. The summed E-state index contributed by atoms with van der Waals surface area (Å²) in [7, 11) is 0. The SMILES string of the molecule is Cc1cccc(/C(N)=N/NC(=S)Nc2ccc(Cl)cc2)n1. The van der Waals surface area contributed by atoms with E-state index in [0.717, 1.165) is 11.4 Å². The van der Waals surface area contributed by atoms with E-state index in [4.69, 9.17) is 29.6 Å². The van der Waals surface area contributed by atoms with Crippen molar-refractivity contribution in [2.45, 2.75) is 6.92 Å². The molecule has 0 fully saturated rings. The highest BCUT2D eigenvalue weighted by Gasteiger charge is 2.01. The minimum atomic E-state index is 0.263. The fraction of sp³-hybridized carbons (Fsp3) is 0.0714. The first kappa shape index (κ1) is 15.2. The van der Waals surface area contributed by atoms with Crippen molar-refractivity contribution in [1.82, 2.24) is 10.4 Å². The Morgan fingerprint density at radius 3 is 2.62 bits per heavy atom. The molecular weight excluding hydrogens is 306 g/mol. The second-order valence-electron chi connectivity index (χ2n) is 4.23. The molecule has 1 aromatic heterocycles. The third-order valence-electron chi connectivity index (χ3n) is 2.53. The summed E-state index contributed by atoms with van der Waals surface area (Å²) in [4.78, 5) is 4.27. The first-order chi connectivity index (χ1) is 10.0. The van der Waals surface area contributed by atoms with Gasteiger partial charge in [0.1, 0.15) is 5.69 Å². The third kappa shape index (κ3) is 4.70. The molecular formula is C14H14ClN5S. The van der Waals surface area contributed by atoms with Crippen molar-refractivity contribution >= 4 is 40.5 Å². The van der Waals surface area contributed by atoms with E-state index in [0.29, 0.717) is 15.8 Å². The molecule has 0 aliphatic heterocycles. The highest BCUT2D eigenvalue weighted by Crippen LogP contribution is 2.13. The molecule has 0 aliphatic rings. The number of amidine groups is 1. The normalized spacial score (nSPS) is 11.0. The Labute approximate surface area is 133 Å². The van der Waals surface area contributed by atoms with Crippen molar-refractivity contribution in [1.29, 1.82) is 0 Å². The van der Waals surface area contributed by atoms with Crippen LogP contribution in [0.2, 0.25) is 5.02 Å². The average Bonchev–Trinajstić information content (AvgIpc) is 2.47. The van der Waals surface area contributed by atoms with Crippen molar-refractivity contribution in [3.63, 3.8) is 0 Å². The predicted octanol–water partition coefficient (Wildman–Crippen LogP) is 2.65. The van der Waals surface area contributed by atoms with Gasteiger partial charge in [0, 0.05) is 16.4 Å². The number of hydrogen-bond donors (Lipinski definition) is 3. The summed E-state index contributed by atoms with van der Waals surface area (Å²) in [5.41, 5.74) is 10.8. The summed E-state index contributed by atoms with van der Waals surface area (Å²) in [6.45, 7) is 1.89. The van der Waals surface area contributed by atoms with Crippen LogP contribution < -0.4 is 16.5 Å². The Hall–Kier alpha value is -2.18. The number of nitrogens with two attached hydrogens (primary N) is 1. The molecule has 5 nitrogen and oxygen atoms in total. The van der Waals surface area contributed by atoms with Crippen LogP contribution in [0.3, 0.4) is 0 Å². The molecule has 0 amide bonds. The van der Waals surface area contributed by atoms with Crippen molar-refractivity contribution in [2.75, 3.05) is 5.32 Å². The molecule has 0 atom stereocenters. The lowest BCUT2D eigenvalue weighted by Gasteiger charge is -2.08. The molecule has 108 valence electrons. The van der Waals surface area contributed by atoms with E-state index in [1.165, 1.54) is 0 Å². The van der Waals surface area contributed by atoms with Gasteiger partial charge in [0.25, 0.3) is 0 Å². The predicted molar refractivity (Wildman–Crippen MR) is 90.5 cm³/mol.